The molecular weight excluding hydrogens is 300 g/mol. The summed E-state index contributed by atoms with van der Waals surface area (Å²) in [5.74, 6) is -0.996. The molecule has 0 aliphatic carbocycles. The SMILES string of the molecule is Cc1ccc(Oc2c(C)cc(CO)cc2F)cc1C(F)(F)F. The number of aryl methyl sites for hydroxylation is 2. The van der Waals surface area contributed by atoms with Gasteiger partial charge in [0.05, 0.1) is 12.2 Å². The van der Waals surface area contributed by atoms with Gasteiger partial charge in [-0.3, -0.25) is 0 Å². The van der Waals surface area contributed by atoms with E-state index < -0.39 is 17.6 Å². The Morgan fingerprint density at radius 2 is 1.73 bits per heavy atom. The first kappa shape index (κ1) is 16.3. The Morgan fingerprint density at radius 3 is 2.27 bits per heavy atom. The Balaban J connectivity index is 2.40. The first-order chi connectivity index (χ1) is 10.2. The lowest BCUT2D eigenvalue weighted by atomic mass is 10.1. The molecule has 0 bridgehead atoms. The monoisotopic (exact) mass is 314 g/mol. The smallest absolute Gasteiger partial charge is 0.416 e. The Labute approximate surface area is 125 Å². The second kappa shape index (κ2) is 5.96. The van der Waals surface area contributed by atoms with E-state index in [4.69, 9.17) is 9.84 Å². The molecule has 2 aromatic carbocycles. The second-order valence-electron chi connectivity index (χ2n) is 4.96. The Bertz CT molecular complexity index is 670. The van der Waals surface area contributed by atoms with Crippen LogP contribution in [0, 0.1) is 19.7 Å². The lowest BCUT2D eigenvalue weighted by Gasteiger charge is -2.14. The highest BCUT2D eigenvalue weighted by molar-refractivity contribution is 5.43. The number of halogens is 4. The van der Waals surface area contributed by atoms with E-state index in [-0.39, 0.29) is 23.7 Å². The summed E-state index contributed by atoms with van der Waals surface area (Å²) in [7, 11) is 0. The highest BCUT2D eigenvalue weighted by Gasteiger charge is 2.32. The lowest BCUT2D eigenvalue weighted by Crippen LogP contribution is -2.07. The zero-order valence-corrected chi connectivity index (χ0v) is 12.0. The zero-order chi connectivity index (χ0) is 16.5. The van der Waals surface area contributed by atoms with Crippen LogP contribution in [0.25, 0.3) is 0 Å². The Kier molecular flexibility index (Phi) is 4.42. The number of benzene rings is 2. The van der Waals surface area contributed by atoms with Gasteiger partial charge in [0.25, 0.3) is 0 Å². The van der Waals surface area contributed by atoms with Gasteiger partial charge in [-0.25, -0.2) is 4.39 Å². The average molecular weight is 314 g/mol. The lowest BCUT2D eigenvalue weighted by molar-refractivity contribution is -0.138. The highest BCUT2D eigenvalue weighted by atomic mass is 19.4. The minimum atomic E-state index is -4.50. The van der Waals surface area contributed by atoms with Gasteiger partial charge in [0.1, 0.15) is 5.75 Å². The van der Waals surface area contributed by atoms with E-state index in [1.165, 1.54) is 25.1 Å². The van der Waals surface area contributed by atoms with E-state index in [9.17, 15) is 17.6 Å². The summed E-state index contributed by atoms with van der Waals surface area (Å²) in [6, 6.07) is 6.06. The van der Waals surface area contributed by atoms with Gasteiger partial charge in [-0.2, -0.15) is 13.2 Å². The largest absolute Gasteiger partial charge is 0.454 e. The molecule has 2 rings (SSSR count). The molecule has 6 heteroatoms. The van der Waals surface area contributed by atoms with E-state index in [0.717, 1.165) is 12.1 Å². The fourth-order valence-corrected chi connectivity index (χ4v) is 2.11. The summed E-state index contributed by atoms with van der Waals surface area (Å²) in [5.41, 5.74) is -0.0110. The van der Waals surface area contributed by atoms with Crippen LogP contribution in [0.4, 0.5) is 17.6 Å². The molecule has 0 atom stereocenters. The minimum Gasteiger partial charge on any atom is -0.454 e. The topological polar surface area (TPSA) is 29.5 Å². The van der Waals surface area contributed by atoms with Crippen LogP contribution in [0.3, 0.4) is 0 Å². The number of rotatable bonds is 3. The summed E-state index contributed by atoms with van der Waals surface area (Å²) in [6.07, 6.45) is -4.50. The Hall–Kier alpha value is -2.08. The molecule has 0 heterocycles. The van der Waals surface area contributed by atoms with Gasteiger partial charge in [-0.1, -0.05) is 6.07 Å². The number of ether oxygens (including phenoxy) is 1. The summed E-state index contributed by atoms with van der Waals surface area (Å²) in [5, 5.41) is 8.99. The standard InChI is InChI=1S/C16H14F4O2/c1-9-3-4-12(7-13(9)16(18,19)20)22-15-10(2)5-11(8-21)6-14(15)17/h3-7,21H,8H2,1-2H3. The van der Waals surface area contributed by atoms with Crippen molar-refractivity contribution in [3.63, 3.8) is 0 Å². The molecule has 118 valence electrons. The van der Waals surface area contributed by atoms with Crippen molar-refractivity contribution >= 4 is 0 Å². The van der Waals surface area contributed by atoms with E-state index in [1.54, 1.807) is 6.92 Å². The van der Waals surface area contributed by atoms with Crippen LogP contribution >= 0.6 is 0 Å². The molecule has 0 saturated heterocycles. The van der Waals surface area contributed by atoms with Crippen molar-refractivity contribution in [3.8, 4) is 11.5 Å². The molecule has 0 aliphatic rings. The van der Waals surface area contributed by atoms with Crippen molar-refractivity contribution < 1.29 is 27.4 Å². The molecule has 0 unspecified atom stereocenters. The maximum absolute atomic E-state index is 13.9. The van der Waals surface area contributed by atoms with Crippen LogP contribution in [0.2, 0.25) is 0 Å². The van der Waals surface area contributed by atoms with Crippen LogP contribution in [0.15, 0.2) is 30.3 Å². The molecular formula is C16H14F4O2. The molecule has 0 saturated carbocycles. The normalized spacial score (nSPS) is 11.6. The van der Waals surface area contributed by atoms with Gasteiger partial charge in [-0.05, 0) is 54.8 Å². The maximum Gasteiger partial charge on any atom is 0.416 e. The molecule has 2 aromatic rings. The molecule has 1 N–H and O–H groups in total. The Morgan fingerprint density at radius 1 is 1.05 bits per heavy atom. The van der Waals surface area contributed by atoms with Crippen molar-refractivity contribution in [2.75, 3.05) is 0 Å². The molecule has 0 radical (unpaired) electrons. The van der Waals surface area contributed by atoms with Gasteiger partial charge in [0.15, 0.2) is 11.6 Å². The molecule has 2 nitrogen and oxygen atoms in total. The number of hydrogen-bond donors (Lipinski definition) is 1. The van der Waals surface area contributed by atoms with Gasteiger partial charge >= 0.3 is 6.18 Å². The zero-order valence-electron chi connectivity index (χ0n) is 12.0. The van der Waals surface area contributed by atoms with Crippen molar-refractivity contribution in [3.05, 3.63) is 58.4 Å². The average Bonchev–Trinajstić information content (AvgIpc) is 2.43. The summed E-state index contributed by atoms with van der Waals surface area (Å²) in [4.78, 5) is 0. The quantitative estimate of drug-likeness (QED) is 0.829. The molecule has 0 fully saturated rings. The third-order valence-corrected chi connectivity index (χ3v) is 3.21. The molecule has 0 amide bonds. The number of hydrogen-bond acceptors (Lipinski definition) is 2. The molecule has 0 aliphatic heterocycles. The van der Waals surface area contributed by atoms with E-state index in [2.05, 4.69) is 0 Å². The van der Waals surface area contributed by atoms with E-state index in [0.29, 0.717) is 11.1 Å². The van der Waals surface area contributed by atoms with Crippen LogP contribution in [-0.4, -0.2) is 5.11 Å². The number of alkyl halides is 3. The van der Waals surface area contributed by atoms with Crippen molar-refractivity contribution in [2.24, 2.45) is 0 Å². The minimum absolute atomic E-state index is 0.0627. The van der Waals surface area contributed by atoms with Crippen LogP contribution < -0.4 is 4.74 Å². The maximum atomic E-state index is 13.9. The van der Waals surface area contributed by atoms with Crippen molar-refractivity contribution in [1.29, 1.82) is 0 Å². The van der Waals surface area contributed by atoms with E-state index >= 15 is 0 Å². The first-order valence-electron chi connectivity index (χ1n) is 6.48. The van der Waals surface area contributed by atoms with Crippen molar-refractivity contribution in [1.82, 2.24) is 0 Å². The van der Waals surface area contributed by atoms with Crippen molar-refractivity contribution in [2.45, 2.75) is 26.6 Å². The number of aliphatic hydroxyl groups is 1. The third kappa shape index (κ3) is 3.39. The highest BCUT2D eigenvalue weighted by Crippen LogP contribution is 2.36. The van der Waals surface area contributed by atoms with E-state index in [1.807, 2.05) is 0 Å². The summed E-state index contributed by atoms with van der Waals surface area (Å²) < 4.78 is 57.8. The van der Waals surface area contributed by atoms with Gasteiger partial charge in [0.2, 0.25) is 0 Å². The van der Waals surface area contributed by atoms with Crippen LogP contribution in [0.5, 0.6) is 11.5 Å². The van der Waals surface area contributed by atoms with Gasteiger partial charge < -0.3 is 9.84 Å². The number of aliphatic hydroxyl groups excluding tert-OH is 1. The fraction of sp³-hybridized carbons (Fsp3) is 0.250. The molecule has 22 heavy (non-hydrogen) atoms. The molecule has 0 spiro atoms. The third-order valence-electron chi connectivity index (χ3n) is 3.21. The predicted octanol–water partition coefficient (Wildman–Crippen LogP) is 4.75. The van der Waals surface area contributed by atoms with Gasteiger partial charge in [0, 0.05) is 0 Å². The molecule has 0 aromatic heterocycles. The van der Waals surface area contributed by atoms with Crippen LogP contribution in [-0.2, 0) is 12.8 Å². The van der Waals surface area contributed by atoms with Crippen LogP contribution in [0.1, 0.15) is 22.3 Å². The first-order valence-corrected chi connectivity index (χ1v) is 6.48. The predicted molar refractivity (Wildman–Crippen MR) is 73.3 cm³/mol. The van der Waals surface area contributed by atoms with Gasteiger partial charge in [-0.15, -0.1) is 0 Å². The summed E-state index contributed by atoms with van der Waals surface area (Å²) >= 11 is 0. The summed E-state index contributed by atoms with van der Waals surface area (Å²) in [6.45, 7) is 2.56. The fourth-order valence-electron chi connectivity index (χ4n) is 2.11. The second-order valence-corrected chi connectivity index (χ2v) is 4.96.